The number of hydrogen-bond acceptors (Lipinski definition) is 2. The Balaban J connectivity index is 2.49. The molecule has 2 nitrogen and oxygen atoms in total. The van der Waals surface area contributed by atoms with Crippen molar-refractivity contribution >= 4 is 0 Å². The molecule has 0 radical (unpaired) electrons. The van der Waals surface area contributed by atoms with Crippen molar-refractivity contribution in [3.63, 3.8) is 0 Å². The highest BCUT2D eigenvalue weighted by Crippen LogP contribution is 2.39. The van der Waals surface area contributed by atoms with Crippen molar-refractivity contribution in [3.8, 4) is 6.07 Å². The normalized spacial score (nSPS) is 23.5. The lowest BCUT2D eigenvalue weighted by Gasteiger charge is -2.32. The van der Waals surface area contributed by atoms with Crippen molar-refractivity contribution in [2.75, 3.05) is 6.61 Å². The Hall–Kier alpha value is -0.550. The minimum atomic E-state index is -0.333. The lowest BCUT2D eigenvalue weighted by molar-refractivity contribution is 0.0995. The Morgan fingerprint density at radius 2 is 2.25 bits per heavy atom. The Morgan fingerprint density at radius 3 is 2.25 bits per heavy atom. The molecule has 0 aromatic rings. The van der Waals surface area contributed by atoms with E-state index in [1.807, 2.05) is 0 Å². The molecule has 1 N–H and O–H groups in total. The second-order valence-corrected chi connectivity index (χ2v) is 2.40. The van der Waals surface area contributed by atoms with E-state index in [1.54, 1.807) is 0 Å². The van der Waals surface area contributed by atoms with Gasteiger partial charge in [-0.3, -0.25) is 0 Å². The number of nitriles is 1. The van der Waals surface area contributed by atoms with Gasteiger partial charge in [-0.05, 0) is 12.8 Å². The zero-order valence-corrected chi connectivity index (χ0v) is 4.72. The zero-order valence-electron chi connectivity index (χ0n) is 4.72. The number of aliphatic hydroxyl groups excluding tert-OH is 1. The quantitative estimate of drug-likeness (QED) is 0.540. The van der Waals surface area contributed by atoms with Crippen molar-refractivity contribution in [2.24, 2.45) is 5.41 Å². The van der Waals surface area contributed by atoms with Gasteiger partial charge in [0, 0.05) is 0 Å². The maximum absolute atomic E-state index is 8.61. The molecule has 0 unspecified atom stereocenters. The third-order valence-corrected chi connectivity index (χ3v) is 1.85. The van der Waals surface area contributed by atoms with Crippen LogP contribution in [0.2, 0.25) is 0 Å². The maximum atomic E-state index is 8.61. The SMILES string of the molecule is N#CC1(CO)CCC1. The lowest BCUT2D eigenvalue weighted by atomic mass is 9.71. The molecule has 0 bridgehead atoms. The van der Waals surface area contributed by atoms with Gasteiger partial charge in [-0.1, -0.05) is 6.42 Å². The molecule has 2 heteroatoms. The van der Waals surface area contributed by atoms with E-state index in [-0.39, 0.29) is 12.0 Å². The highest BCUT2D eigenvalue weighted by atomic mass is 16.3. The fraction of sp³-hybridized carbons (Fsp3) is 0.833. The molecule has 8 heavy (non-hydrogen) atoms. The fourth-order valence-electron chi connectivity index (χ4n) is 0.909. The summed E-state index contributed by atoms with van der Waals surface area (Å²) >= 11 is 0. The van der Waals surface area contributed by atoms with Crippen molar-refractivity contribution in [3.05, 3.63) is 0 Å². The molecule has 0 aromatic heterocycles. The molecule has 1 aliphatic rings. The molecule has 1 saturated carbocycles. The third-order valence-electron chi connectivity index (χ3n) is 1.85. The molecule has 0 atom stereocenters. The Bertz CT molecular complexity index is 115. The second-order valence-electron chi connectivity index (χ2n) is 2.40. The summed E-state index contributed by atoms with van der Waals surface area (Å²) in [4.78, 5) is 0. The van der Waals surface area contributed by atoms with Crippen LogP contribution < -0.4 is 0 Å². The first-order chi connectivity index (χ1) is 3.83. The number of hydrogen-bond donors (Lipinski definition) is 1. The second kappa shape index (κ2) is 1.75. The molecular formula is C6H9NO. The van der Waals surface area contributed by atoms with Crippen molar-refractivity contribution in [1.29, 1.82) is 5.26 Å². The van der Waals surface area contributed by atoms with Crippen LogP contribution in [-0.2, 0) is 0 Å². The van der Waals surface area contributed by atoms with Crippen LogP contribution in [0.4, 0.5) is 0 Å². The molecule has 1 aliphatic carbocycles. The van der Waals surface area contributed by atoms with Gasteiger partial charge in [0.25, 0.3) is 0 Å². The van der Waals surface area contributed by atoms with E-state index < -0.39 is 0 Å². The largest absolute Gasteiger partial charge is 0.395 e. The smallest absolute Gasteiger partial charge is 0.0804 e. The highest BCUT2D eigenvalue weighted by molar-refractivity contribution is 5.03. The van der Waals surface area contributed by atoms with Crippen LogP contribution >= 0.6 is 0 Å². The number of aliphatic hydroxyl groups is 1. The molecule has 44 valence electrons. The lowest BCUT2D eigenvalue weighted by Crippen LogP contribution is -2.31. The zero-order chi connectivity index (χ0) is 6.04. The number of nitrogens with zero attached hydrogens (tertiary/aromatic N) is 1. The molecule has 0 amide bonds. The summed E-state index contributed by atoms with van der Waals surface area (Å²) in [5, 5.41) is 17.0. The summed E-state index contributed by atoms with van der Waals surface area (Å²) in [6, 6.07) is 2.11. The van der Waals surface area contributed by atoms with Gasteiger partial charge in [0.2, 0.25) is 0 Å². The summed E-state index contributed by atoms with van der Waals surface area (Å²) in [6.45, 7) is 0.0451. The van der Waals surface area contributed by atoms with E-state index in [0.717, 1.165) is 19.3 Å². The van der Waals surface area contributed by atoms with Crippen LogP contribution in [0.25, 0.3) is 0 Å². The van der Waals surface area contributed by atoms with Crippen LogP contribution in [0.3, 0.4) is 0 Å². The van der Waals surface area contributed by atoms with Crippen molar-refractivity contribution in [1.82, 2.24) is 0 Å². The van der Waals surface area contributed by atoms with Gasteiger partial charge in [-0.25, -0.2) is 0 Å². The van der Waals surface area contributed by atoms with Crippen molar-refractivity contribution in [2.45, 2.75) is 19.3 Å². The first-order valence-electron chi connectivity index (χ1n) is 2.85. The Kier molecular flexibility index (Phi) is 1.22. The van der Waals surface area contributed by atoms with E-state index in [4.69, 9.17) is 10.4 Å². The first kappa shape index (κ1) is 5.58. The van der Waals surface area contributed by atoms with Crippen LogP contribution in [0.5, 0.6) is 0 Å². The predicted octanol–water partition coefficient (Wildman–Crippen LogP) is 0.673. The van der Waals surface area contributed by atoms with Gasteiger partial charge >= 0.3 is 0 Å². The fourth-order valence-corrected chi connectivity index (χ4v) is 0.909. The van der Waals surface area contributed by atoms with Gasteiger partial charge in [0.05, 0.1) is 18.1 Å². The van der Waals surface area contributed by atoms with Crippen LogP contribution in [0.1, 0.15) is 19.3 Å². The summed E-state index contributed by atoms with van der Waals surface area (Å²) in [6.07, 6.45) is 2.88. The van der Waals surface area contributed by atoms with E-state index in [0.29, 0.717) is 0 Å². The molecule has 0 saturated heterocycles. The molecule has 0 aromatic carbocycles. The summed E-state index contributed by atoms with van der Waals surface area (Å²) in [7, 11) is 0. The molecule has 0 spiro atoms. The van der Waals surface area contributed by atoms with E-state index in [2.05, 4.69) is 6.07 Å². The van der Waals surface area contributed by atoms with Crippen LogP contribution in [-0.4, -0.2) is 11.7 Å². The Labute approximate surface area is 48.7 Å². The third kappa shape index (κ3) is 0.597. The predicted molar refractivity (Wildman–Crippen MR) is 29.0 cm³/mol. The summed E-state index contributed by atoms with van der Waals surface area (Å²) in [5.41, 5.74) is -0.333. The van der Waals surface area contributed by atoms with Gasteiger partial charge in [0.1, 0.15) is 0 Å². The summed E-state index contributed by atoms with van der Waals surface area (Å²) < 4.78 is 0. The molecule has 1 fully saturated rings. The van der Waals surface area contributed by atoms with Gasteiger partial charge in [-0.2, -0.15) is 5.26 Å². The molecule has 0 aliphatic heterocycles. The van der Waals surface area contributed by atoms with Crippen LogP contribution in [0.15, 0.2) is 0 Å². The minimum absolute atomic E-state index is 0.0451. The standard InChI is InChI=1S/C6H9NO/c7-4-6(5-8)2-1-3-6/h8H,1-3,5H2. The van der Waals surface area contributed by atoms with Gasteiger partial charge < -0.3 is 5.11 Å². The Morgan fingerprint density at radius 1 is 1.62 bits per heavy atom. The van der Waals surface area contributed by atoms with E-state index >= 15 is 0 Å². The average Bonchev–Trinajstić information content (AvgIpc) is 1.67. The topological polar surface area (TPSA) is 44.0 Å². The average molecular weight is 111 g/mol. The van der Waals surface area contributed by atoms with E-state index in [1.165, 1.54) is 0 Å². The van der Waals surface area contributed by atoms with Gasteiger partial charge in [-0.15, -0.1) is 0 Å². The van der Waals surface area contributed by atoms with Crippen molar-refractivity contribution < 1.29 is 5.11 Å². The summed E-state index contributed by atoms with van der Waals surface area (Å²) in [5.74, 6) is 0. The van der Waals surface area contributed by atoms with Gasteiger partial charge in [0.15, 0.2) is 0 Å². The molecular weight excluding hydrogens is 102 g/mol. The monoisotopic (exact) mass is 111 g/mol. The van der Waals surface area contributed by atoms with Crippen LogP contribution in [0, 0.1) is 16.7 Å². The first-order valence-corrected chi connectivity index (χ1v) is 2.85. The van der Waals surface area contributed by atoms with E-state index in [9.17, 15) is 0 Å². The molecule has 1 rings (SSSR count). The number of rotatable bonds is 1. The molecule has 0 heterocycles. The highest BCUT2D eigenvalue weighted by Gasteiger charge is 2.36. The minimum Gasteiger partial charge on any atom is -0.395 e. The maximum Gasteiger partial charge on any atom is 0.0804 e.